The van der Waals surface area contributed by atoms with E-state index < -0.39 is 11.7 Å². The zero-order valence-corrected chi connectivity index (χ0v) is 26.1. The number of hydrogen-bond donors (Lipinski definition) is 5. The summed E-state index contributed by atoms with van der Waals surface area (Å²) < 4.78 is 0. The summed E-state index contributed by atoms with van der Waals surface area (Å²) in [6.45, 7) is 15.9. The third-order valence-corrected chi connectivity index (χ3v) is 12.2. The standard InChI is InChI=1S/C34H63N3O2/c1-24(2)10-8-11-25(3)28-12-13-29-27-22-31(37-21-7-6-19-36-20-9-18-35)34(39)23-26(38)14-17-33(34,5)30(27)15-16-32(28,29)4/h22,24-26,28-31,36-39H,6-21,23,35H2,1-5H3/t25-,26+,28-,29+,30+,31-,32-,33-,34+/m1/s1. The first kappa shape index (κ1) is 31.5. The SMILES string of the molecule is CC(C)CCC[C@@H](C)[C@H]1CC[C@H]2C3=C[C@@H](NCCCCNCCCN)[C@@]4(O)C[C@@H](O)CC[C@]4(C)[C@H]3CC[C@]12C. The smallest absolute Gasteiger partial charge is 0.0919 e. The first-order chi connectivity index (χ1) is 18.6. The minimum absolute atomic E-state index is 0.0706. The molecule has 4 aliphatic carbocycles. The summed E-state index contributed by atoms with van der Waals surface area (Å²) in [7, 11) is 0. The molecule has 9 atom stereocenters. The number of fused-ring (bicyclic) bond motifs is 5. The summed E-state index contributed by atoms with van der Waals surface area (Å²) in [5, 5.41) is 30.4. The molecule has 0 unspecified atom stereocenters. The van der Waals surface area contributed by atoms with Gasteiger partial charge in [-0.05, 0) is 119 Å². The third-order valence-electron chi connectivity index (χ3n) is 12.2. The van der Waals surface area contributed by atoms with Crippen molar-refractivity contribution in [3.05, 3.63) is 11.6 Å². The number of nitrogens with one attached hydrogen (secondary N) is 2. The Morgan fingerprint density at radius 1 is 0.923 bits per heavy atom. The lowest BCUT2D eigenvalue weighted by molar-refractivity contribution is -0.181. The van der Waals surface area contributed by atoms with Crippen molar-refractivity contribution < 1.29 is 10.2 Å². The minimum Gasteiger partial charge on any atom is -0.393 e. The number of aliphatic hydroxyl groups is 2. The number of aliphatic hydroxyl groups excluding tert-OH is 1. The van der Waals surface area contributed by atoms with Gasteiger partial charge in [-0.1, -0.05) is 65.5 Å². The maximum Gasteiger partial charge on any atom is 0.0919 e. The van der Waals surface area contributed by atoms with Crippen LogP contribution in [0, 0.1) is 40.4 Å². The molecule has 3 fully saturated rings. The van der Waals surface area contributed by atoms with Crippen LogP contribution in [0.5, 0.6) is 0 Å². The van der Waals surface area contributed by atoms with E-state index in [1.807, 2.05) is 0 Å². The third kappa shape index (κ3) is 6.33. The van der Waals surface area contributed by atoms with E-state index in [9.17, 15) is 10.2 Å². The highest BCUT2D eigenvalue weighted by molar-refractivity contribution is 5.34. The summed E-state index contributed by atoms with van der Waals surface area (Å²) in [4.78, 5) is 0. The fraction of sp³-hybridized carbons (Fsp3) is 0.941. The molecule has 0 radical (unpaired) electrons. The lowest BCUT2D eigenvalue weighted by atomic mass is 9.45. The molecule has 0 heterocycles. The Morgan fingerprint density at radius 3 is 2.41 bits per heavy atom. The van der Waals surface area contributed by atoms with Gasteiger partial charge in [0, 0.05) is 11.8 Å². The highest BCUT2D eigenvalue weighted by atomic mass is 16.3. The van der Waals surface area contributed by atoms with E-state index in [-0.39, 0.29) is 11.5 Å². The van der Waals surface area contributed by atoms with Crippen LogP contribution in [0.25, 0.3) is 0 Å². The second-order valence-corrected chi connectivity index (χ2v) is 15.1. The summed E-state index contributed by atoms with van der Waals surface area (Å²) in [5.74, 6) is 3.52. The van der Waals surface area contributed by atoms with Gasteiger partial charge in [0.2, 0.25) is 0 Å². The van der Waals surface area contributed by atoms with E-state index in [1.165, 1.54) is 44.9 Å². The minimum atomic E-state index is -0.881. The molecule has 4 rings (SSSR count). The van der Waals surface area contributed by atoms with E-state index in [4.69, 9.17) is 5.73 Å². The van der Waals surface area contributed by atoms with Gasteiger partial charge in [0.05, 0.1) is 17.7 Å². The molecule has 0 spiro atoms. The predicted octanol–water partition coefficient (Wildman–Crippen LogP) is 5.79. The van der Waals surface area contributed by atoms with Crippen LogP contribution in [-0.2, 0) is 0 Å². The average Bonchev–Trinajstić information content (AvgIpc) is 3.24. The molecular weight excluding hydrogens is 482 g/mol. The first-order valence-electron chi connectivity index (χ1n) is 16.8. The molecule has 0 aliphatic heterocycles. The van der Waals surface area contributed by atoms with Crippen molar-refractivity contribution >= 4 is 0 Å². The second-order valence-electron chi connectivity index (χ2n) is 15.1. The van der Waals surface area contributed by atoms with Gasteiger partial charge in [-0.3, -0.25) is 0 Å². The van der Waals surface area contributed by atoms with Crippen molar-refractivity contribution in [3.8, 4) is 0 Å². The van der Waals surface area contributed by atoms with Crippen molar-refractivity contribution in [1.29, 1.82) is 0 Å². The van der Waals surface area contributed by atoms with Crippen LogP contribution in [0.2, 0.25) is 0 Å². The normalized spacial score (nSPS) is 40.6. The summed E-state index contributed by atoms with van der Waals surface area (Å²) in [5.41, 5.74) is 6.61. The predicted molar refractivity (Wildman–Crippen MR) is 163 cm³/mol. The lowest BCUT2D eigenvalue weighted by Crippen LogP contribution is -2.68. The van der Waals surface area contributed by atoms with Crippen molar-refractivity contribution in [2.75, 3.05) is 26.2 Å². The van der Waals surface area contributed by atoms with Crippen molar-refractivity contribution in [1.82, 2.24) is 10.6 Å². The largest absolute Gasteiger partial charge is 0.393 e. The van der Waals surface area contributed by atoms with Gasteiger partial charge >= 0.3 is 0 Å². The highest BCUT2D eigenvalue weighted by Gasteiger charge is 2.64. The average molecular weight is 546 g/mol. The fourth-order valence-corrected chi connectivity index (χ4v) is 9.82. The molecule has 0 bridgehead atoms. The monoisotopic (exact) mass is 545 g/mol. The summed E-state index contributed by atoms with van der Waals surface area (Å²) in [6, 6.07) is -0.0706. The summed E-state index contributed by atoms with van der Waals surface area (Å²) in [6.07, 6.45) is 16.8. The number of unbranched alkanes of at least 4 members (excludes halogenated alkanes) is 1. The maximum absolute atomic E-state index is 12.4. The molecule has 0 aromatic carbocycles. The van der Waals surface area contributed by atoms with Gasteiger partial charge in [0.15, 0.2) is 0 Å². The molecule has 6 N–H and O–H groups in total. The maximum atomic E-state index is 12.4. The molecule has 39 heavy (non-hydrogen) atoms. The van der Waals surface area contributed by atoms with Gasteiger partial charge in [0.1, 0.15) is 0 Å². The Balaban J connectivity index is 1.50. The topological polar surface area (TPSA) is 90.5 Å². The number of allylic oxidation sites excluding steroid dienone is 1. The molecule has 0 amide bonds. The van der Waals surface area contributed by atoms with Gasteiger partial charge < -0.3 is 26.6 Å². The van der Waals surface area contributed by atoms with E-state index in [0.717, 1.165) is 76.0 Å². The highest BCUT2D eigenvalue weighted by Crippen LogP contribution is 2.67. The molecular formula is C34H63N3O2. The molecule has 5 nitrogen and oxygen atoms in total. The Morgan fingerprint density at radius 2 is 1.67 bits per heavy atom. The van der Waals surface area contributed by atoms with Gasteiger partial charge in [-0.15, -0.1) is 0 Å². The number of nitrogens with two attached hydrogens (primary N) is 1. The number of hydrogen-bond acceptors (Lipinski definition) is 5. The molecule has 3 saturated carbocycles. The van der Waals surface area contributed by atoms with Crippen LogP contribution < -0.4 is 16.4 Å². The zero-order valence-electron chi connectivity index (χ0n) is 26.1. The Bertz CT molecular complexity index is 816. The van der Waals surface area contributed by atoms with E-state index >= 15 is 0 Å². The van der Waals surface area contributed by atoms with E-state index in [0.29, 0.717) is 23.7 Å². The molecule has 5 heteroatoms. The van der Waals surface area contributed by atoms with Crippen molar-refractivity contribution in [2.45, 2.75) is 136 Å². The Labute approximate surface area is 240 Å². The summed E-state index contributed by atoms with van der Waals surface area (Å²) >= 11 is 0. The van der Waals surface area contributed by atoms with Gasteiger partial charge in [0.25, 0.3) is 0 Å². The van der Waals surface area contributed by atoms with Crippen molar-refractivity contribution in [2.24, 2.45) is 46.2 Å². The van der Waals surface area contributed by atoms with E-state index in [1.54, 1.807) is 5.57 Å². The molecule has 0 aromatic heterocycles. The zero-order chi connectivity index (χ0) is 28.3. The number of rotatable bonds is 14. The van der Waals surface area contributed by atoms with Crippen LogP contribution in [0.3, 0.4) is 0 Å². The Hall–Kier alpha value is -0.460. The van der Waals surface area contributed by atoms with Crippen LogP contribution in [-0.4, -0.2) is 54.1 Å². The van der Waals surface area contributed by atoms with Crippen LogP contribution >= 0.6 is 0 Å². The Kier molecular flexibility index (Phi) is 10.7. The first-order valence-corrected chi connectivity index (χ1v) is 16.8. The van der Waals surface area contributed by atoms with Crippen LogP contribution in [0.4, 0.5) is 0 Å². The molecule has 0 saturated heterocycles. The second kappa shape index (κ2) is 13.2. The van der Waals surface area contributed by atoms with E-state index in [2.05, 4.69) is 51.3 Å². The fourth-order valence-electron chi connectivity index (χ4n) is 9.82. The quantitative estimate of drug-likeness (QED) is 0.141. The van der Waals surface area contributed by atoms with Crippen LogP contribution in [0.1, 0.15) is 118 Å². The van der Waals surface area contributed by atoms with Crippen LogP contribution in [0.15, 0.2) is 11.6 Å². The van der Waals surface area contributed by atoms with Crippen molar-refractivity contribution in [3.63, 3.8) is 0 Å². The molecule has 0 aromatic rings. The van der Waals surface area contributed by atoms with Gasteiger partial charge in [-0.25, -0.2) is 0 Å². The lowest BCUT2D eigenvalue weighted by Gasteiger charge is -2.63. The molecule has 4 aliphatic rings. The molecule has 226 valence electrons. The van der Waals surface area contributed by atoms with Gasteiger partial charge in [-0.2, -0.15) is 0 Å².